The van der Waals surface area contributed by atoms with Crippen LogP contribution in [0.3, 0.4) is 0 Å². The Kier molecular flexibility index (Phi) is 8.70. The van der Waals surface area contributed by atoms with Gasteiger partial charge in [-0.2, -0.15) is 0 Å². The summed E-state index contributed by atoms with van der Waals surface area (Å²) in [7, 11) is 3.00. The van der Waals surface area contributed by atoms with Crippen LogP contribution >= 0.6 is 11.6 Å². The van der Waals surface area contributed by atoms with Crippen molar-refractivity contribution in [2.75, 3.05) is 36.4 Å². The summed E-state index contributed by atoms with van der Waals surface area (Å²) >= 11 is 6.25. The fourth-order valence-corrected chi connectivity index (χ4v) is 4.07. The van der Waals surface area contributed by atoms with E-state index in [-0.39, 0.29) is 34.2 Å². The van der Waals surface area contributed by atoms with Crippen LogP contribution in [0.25, 0.3) is 0 Å². The number of benzene rings is 3. The molecule has 0 atom stereocenters. The van der Waals surface area contributed by atoms with Crippen molar-refractivity contribution in [2.45, 2.75) is 13.3 Å². The fourth-order valence-electron chi connectivity index (χ4n) is 3.86. The molecule has 0 spiro atoms. The van der Waals surface area contributed by atoms with Crippen LogP contribution in [0.15, 0.2) is 77.5 Å². The predicted octanol–water partition coefficient (Wildman–Crippen LogP) is 4.96. The van der Waals surface area contributed by atoms with Crippen LogP contribution in [0, 0.1) is 0 Å². The number of nitrogens with one attached hydrogen (secondary N) is 2. The quantitative estimate of drug-likeness (QED) is 0.262. The molecule has 0 saturated heterocycles. The number of methoxy groups -OCH3 is 2. The van der Waals surface area contributed by atoms with Crippen molar-refractivity contribution in [1.82, 2.24) is 0 Å². The molecule has 0 aromatic heterocycles. The van der Waals surface area contributed by atoms with Gasteiger partial charge in [0.1, 0.15) is 22.2 Å². The number of hydrogen-bond donors (Lipinski definition) is 2. The molecule has 11 heteroatoms. The van der Waals surface area contributed by atoms with Crippen molar-refractivity contribution in [3.05, 3.63) is 88.6 Å². The van der Waals surface area contributed by atoms with Crippen LogP contribution in [-0.4, -0.2) is 44.5 Å². The van der Waals surface area contributed by atoms with Crippen LogP contribution in [0.4, 0.5) is 17.1 Å². The highest BCUT2D eigenvalue weighted by Gasteiger charge is 2.39. The molecule has 0 bridgehead atoms. The number of imide groups is 1. The molecule has 2 N–H and O–H groups in total. The minimum Gasteiger partial charge on any atom is -0.497 e. The van der Waals surface area contributed by atoms with E-state index in [2.05, 4.69) is 10.6 Å². The van der Waals surface area contributed by atoms with E-state index in [1.807, 2.05) is 6.92 Å². The number of ether oxygens (including phenoxy) is 3. The molecule has 40 heavy (non-hydrogen) atoms. The second-order valence-corrected chi connectivity index (χ2v) is 8.92. The van der Waals surface area contributed by atoms with E-state index >= 15 is 0 Å². The summed E-state index contributed by atoms with van der Waals surface area (Å²) in [5.74, 6) is -1.38. The Hall–Kier alpha value is -4.83. The first kappa shape index (κ1) is 28.2. The lowest BCUT2D eigenvalue weighted by molar-refractivity contribution is -0.120. The van der Waals surface area contributed by atoms with Crippen molar-refractivity contribution in [3.8, 4) is 11.5 Å². The first-order valence-corrected chi connectivity index (χ1v) is 12.6. The maximum atomic E-state index is 13.2. The van der Waals surface area contributed by atoms with Crippen LogP contribution in [-0.2, 0) is 14.3 Å². The lowest BCUT2D eigenvalue weighted by Crippen LogP contribution is -2.32. The molecule has 1 aliphatic heterocycles. The largest absolute Gasteiger partial charge is 0.497 e. The number of halogens is 1. The van der Waals surface area contributed by atoms with Gasteiger partial charge >= 0.3 is 5.97 Å². The highest BCUT2D eigenvalue weighted by atomic mass is 35.5. The molecule has 0 aliphatic carbocycles. The Bertz CT molecular complexity index is 1500. The molecule has 1 aliphatic rings. The fraction of sp³-hybridized carbons (Fsp3) is 0.172. The summed E-state index contributed by atoms with van der Waals surface area (Å²) in [6.45, 7) is 2.17. The van der Waals surface area contributed by atoms with Gasteiger partial charge < -0.3 is 24.8 Å². The van der Waals surface area contributed by atoms with Gasteiger partial charge in [-0.25, -0.2) is 9.69 Å². The van der Waals surface area contributed by atoms with Gasteiger partial charge in [0.2, 0.25) is 0 Å². The van der Waals surface area contributed by atoms with E-state index in [9.17, 15) is 19.2 Å². The highest BCUT2D eigenvalue weighted by Crippen LogP contribution is 2.32. The molecule has 3 aromatic rings. The first-order valence-electron chi connectivity index (χ1n) is 12.2. The van der Waals surface area contributed by atoms with Crippen LogP contribution in [0.1, 0.15) is 34.1 Å². The van der Waals surface area contributed by atoms with E-state index in [0.717, 1.165) is 4.90 Å². The van der Waals surface area contributed by atoms with Crippen molar-refractivity contribution >= 4 is 52.4 Å². The third-order valence-corrected chi connectivity index (χ3v) is 6.23. The van der Waals surface area contributed by atoms with Gasteiger partial charge in [0.25, 0.3) is 17.7 Å². The Balaban J connectivity index is 1.50. The molecular formula is C29H26ClN3O7. The number of rotatable bonds is 10. The number of hydrogen-bond acceptors (Lipinski definition) is 8. The molecule has 0 radical (unpaired) electrons. The molecular weight excluding hydrogens is 538 g/mol. The Morgan fingerprint density at radius 2 is 1.65 bits per heavy atom. The number of carbonyl (C=O) groups is 4. The Morgan fingerprint density at radius 3 is 2.33 bits per heavy atom. The number of esters is 1. The summed E-state index contributed by atoms with van der Waals surface area (Å²) in [6, 6.07) is 17.2. The summed E-state index contributed by atoms with van der Waals surface area (Å²) in [6.07, 6.45) is 0.686. The molecule has 206 valence electrons. The third-order valence-electron chi connectivity index (χ3n) is 5.87. The number of anilines is 3. The minimum atomic E-state index is -0.727. The third kappa shape index (κ3) is 5.92. The summed E-state index contributed by atoms with van der Waals surface area (Å²) in [5.41, 5.74) is 1.41. The zero-order valence-electron chi connectivity index (χ0n) is 21.9. The Labute approximate surface area is 235 Å². The number of amides is 3. The van der Waals surface area contributed by atoms with Gasteiger partial charge in [0.15, 0.2) is 0 Å². The average molecular weight is 564 g/mol. The second kappa shape index (κ2) is 12.4. The van der Waals surface area contributed by atoms with Gasteiger partial charge in [0, 0.05) is 17.3 Å². The maximum Gasteiger partial charge on any atom is 0.338 e. The van der Waals surface area contributed by atoms with E-state index in [4.69, 9.17) is 25.8 Å². The molecule has 3 aromatic carbocycles. The molecule has 3 amide bonds. The monoisotopic (exact) mass is 563 g/mol. The van der Waals surface area contributed by atoms with Gasteiger partial charge in [-0.1, -0.05) is 24.6 Å². The second-order valence-electron chi connectivity index (χ2n) is 8.54. The normalized spacial score (nSPS) is 12.8. The smallest absolute Gasteiger partial charge is 0.338 e. The summed E-state index contributed by atoms with van der Waals surface area (Å²) in [5, 5.41) is 5.33. The van der Waals surface area contributed by atoms with Gasteiger partial charge in [0.05, 0.1) is 37.8 Å². The summed E-state index contributed by atoms with van der Waals surface area (Å²) < 4.78 is 15.6. The zero-order chi connectivity index (χ0) is 28.8. The predicted molar refractivity (Wildman–Crippen MR) is 150 cm³/mol. The average Bonchev–Trinajstić information content (AvgIpc) is 3.18. The van der Waals surface area contributed by atoms with Crippen molar-refractivity contribution in [3.63, 3.8) is 0 Å². The molecule has 1 heterocycles. The molecule has 10 nitrogen and oxygen atoms in total. The van der Waals surface area contributed by atoms with Crippen LogP contribution < -0.4 is 25.0 Å². The standard InChI is InChI=1S/C29H26ClN3O7/c1-4-14-40-29(37)17-8-10-20(11-9-17)33-27(35)24(30)25(28(33)36)31-19-7-5-6-18(15-19)26(34)32-22-16-21(38-2)12-13-23(22)39-3/h5-13,15-16,31H,4,14H2,1-3H3,(H,32,34). The summed E-state index contributed by atoms with van der Waals surface area (Å²) in [4.78, 5) is 52.0. The number of carbonyl (C=O) groups excluding carboxylic acids is 4. The molecule has 0 fully saturated rings. The van der Waals surface area contributed by atoms with Crippen molar-refractivity contribution in [2.24, 2.45) is 0 Å². The van der Waals surface area contributed by atoms with Crippen molar-refractivity contribution < 1.29 is 33.4 Å². The SMILES string of the molecule is CCCOC(=O)c1ccc(N2C(=O)C(Cl)=C(Nc3cccc(C(=O)Nc4cc(OC)ccc4OC)c3)C2=O)cc1. The molecule has 4 rings (SSSR count). The minimum absolute atomic E-state index is 0.148. The molecule has 0 saturated carbocycles. The van der Waals surface area contributed by atoms with E-state index < -0.39 is 23.7 Å². The van der Waals surface area contributed by atoms with Gasteiger partial charge in [-0.15, -0.1) is 0 Å². The Morgan fingerprint density at radius 1 is 0.900 bits per heavy atom. The van der Waals surface area contributed by atoms with Crippen molar-refractivity contribution in [1.29, 1.82) is 0 Å². The van der Waals surface area contributed by atoms with Gasteiger partial charge in [-0.05, 0) is 61.0 Å². The van der Waals surface area contributed by atoms with E-state index in [1.54, 1.807) is 36.4 Å². The van der Waals surface area contributed by atoms with E-state index in [1.165, 1.54) is 44.6 Å². The first-order chi connectivity index (χ1) is 19.3. The lowest BCUT2D eigenvalue weighted by Gasteiger charge is -2.16. The maximum absolute atomic E-state index is 13.2. The number of nitrogens with zero attached hydrogens (tertiary/aromatic N) is 1. The molecule has 0 unspecified atom stereocenters. The highest BCUT2D eigenvalue weighted by molar-refractivity contribution is 6.53. The van der Waals surface area contributed by atoms with Crippen LogP contribution in [0.2, 0.25) is 0 Å². The zero-order valence-corrected chi connectivity index (χ0v) is 22.7. The van der Waals surface area contributed by atoms with Gasteiger partial charge in [-0.3, -0.25) is 14.4 Å². The van der Waals surface area contributed by atoms with E-state index in [0.29, 0.717) is 29.3 Å². The lowest BCUT2D eigenvalue weighted by atomic mass is 10.1. The van der Waals surface area contributed by atoms with Crippen LogP contribution in [0.5, 0.6) is 11.5 Å². The topological polar surface area (TPSA) is 123 Å².